The number of aromatic nitrogens is 3. The molecule has 3 rings (SSSR count). The molecule has 0 spiro atoms. The molecular formula is C16H21N5O. The predicted octanol–water partition coefficient (Wildman–Crippen LogP) is 1.80. The van der Waals surface area contributed by atoms with E-state index in [0.717, 1.165) is 42.7 Å². The lowest BCUT2D eigenvalue weighted by Gasteiger charge is -2.32. The Kier molecular flexibility index (Phi) is 4.60. The molecule has 1 aliphatic heterocycles. The number of ether oxygens (including phenoxy) is 1. The van der Waals surface area contributed by atoms with E-state index >= 15 is 0 Å². The van der Waals surface area contributed by atoms with Crippen LogP contribution < -0.4 is 5.32 Å². The number of rotatable bonds is 4. The first-order valence-corrected chi connectivity index (χ1v) is 7.52. The number of nitrogens with zero attached hydrogens (tertiary/aromatic N) is 4. The molecular weight excluding hydrogens is 278 g/mol. The molecule has 116 valence electrons. The second kappa shape index (κ2) is 6.81. The van der Waals surface area contributed by atoms with Gasteiger partial charge in [-0.05, 0) is 19.1 Å². The monoisotopic (exact) mass is 299 g/mol. The van der Waals surface area contributed by atoms with Gasteiger partial charge in [-0.1, -0.05) is 6.07 Å². The zero-order chi connectivity index (χ0) is 15.4. The first-order chi connectivity index (χ1) is 10.7. The van der Waals surface area contributed by atoms with E-state index in [2.05, 4.69) is 31.2 Å². The first-order valence-electron chi connectivity index (χ1n) is 7.52. The SMILES string of the molecule is CNc1cc([C@@H]2CN(Cc3ccccn3)CCO2)nc(C)n1. The van der Waals surface area contributed by atoms with E-state index in [0.29, 0.717) is 6.61 Å². The highest BCUT2D eigenvalue weighted by molar-refractivity contribution is 5.35. The minimum absolute atomic E-state index is 0.0220. The van der Waals surface area contributed by atoms with Gasteiger partial charge in [-0.15, -0.1) is 0 Å². The zero-order valence-electron chi connectivity index (χ0n) is 13.0. The van der Waals surface area contributed by atoms with Crippen LogP contribution in [0, 0.1) is 6.92 Å². The van der Waals surface area contributed by atoms with Crippen molar-refractivity contribution >= 4 is 5.82 Å². The van der Waals surface area contributed by atoms with E-state index in [4.69, 9.17) is 4.74 Å². The van der Waals surface area contributed by atoms with Gasteiger partial charge in [0.05, 0.1) is 18.0 Å². The zero-order valence-corrected chi connectivity index (χ0v) is 13.0. The summed E-state index contributed by atoms with van der Waals surface area (Å²) in [5, 5.41) is 3.07. The molecule has 2 aromatic rings. The van der Waals surface area contributed by atoms with Crippen molar-refractivity contribution in [3.05, 3.63) is 47.7 Å². The molecule has 1 fully saturated rings. The van der Waals surface area contributed by atoms with Gasteiger partial charge in [-0.25, -0.2) is 9.97 Å². The van der Waals surface area contributed by atoms with Crippen molar-refractivity contribution in [2.24, 2.45) is 0 Å². The standard InChI is InChI=1S/C16H21N5O/c1-12-19-14(9-16(17-2)20-12)15-11-21(7-8-22-15)10-13-5-3-4-6-18-13/h3-6,9,15H,7-8,10-11H2,1-2H3,(H,17,19,20)/t15-/m0/s1. The molecule has 2 aromatic heterocycles. The smallest absolute Gasteiger partial charge is 0.129 e. The van der Waals surface area contributed by atoms with Crippen LogP contribution in [0.1, 0.15) is 23.3 Å². The molecule has 3 heterocycles. The minimum Gasteiger partial charge on any atom is -0.373 e. The van der Waals surface area contributed by atoms with Gasteiger partial charge in [0.25, 0.3) is 0 Å². The van der Waals surface area contributed by atoms with E-state index in [1.807, 2.05) is 38.4 Å². The van der Waals surface area contributed by atoms with Gasteiger partial charge in [-0.3, -0.25) is 9.88 Å². The third-order valence-electron chi connectivity index (χ3n) is 3.71. The van der Waals surface area contributed by atoms with Crippen molar-refractivity contribution in [2.75, 3.05) is 32.1 Å². The predicted molar refractivity (Wildman–Crippen MR) is 84.5 cm³/mol. The summed E-state index contributed by atoms with van der Waals surface area (Å²) in [4.78, 5) is 15.6. The normalized spacial score (nSPS) is 19.1. The largest absolute Gasteiger partial charge is 0.373 e. The maximum absolute atomic E-state index is 5.91. The molecule has 0 radical (unpaired) electrons. The summed E-state index contributed by atoms with van der Waals surface area (Å²) < 4.78 is 5.91. The Bertz CT molecular complexity index is 619. The van der Waals surface area contributed by atoms with Gasteiger partial charge in [0, 0.05) is 38.9 Å². The van der Waals surface area contributed by atoms with Crippen LogP contribution >= 0.6 is 0 Å². The lowest BCUT2D eigenvalue weighted by Crippen LogP contribution is -2.38. The fourth-order valence-corrected chi connectivity index (χ4v) is 2.63. The van der Waals surface area contributed by atoms with E-state index in [9.17, 15) is 0 Å². The van der Waals surface area contributed by atoms with Crippen molar-refractivity contribution in [3.8, 4) is 0 Å². The second-order valence-corrected chi connectivity index (χ2v) is 5.39. The van der Waals surface area contributed by atoms with Gasteiger partial charge in [0.15, 0.2) is 0 Å². The van der Waals surface area contributed by atoms with Crippen molar-refractivity contribution < 1.29 is 4.74 Å². The first kappa shape index (κ1) is 14.9. The summed E-state index contributed by atoms with van der Waals surface area (Å²) >= 11 is 0. The van der Waals surface area contributed by atoms with Crippen LogP contribution in [0.4, 0.5) is 5.82 Å². The number of hydrogen-bond donors (Lipinski definition) is 1. The summed E-state index contributed by atoms with van der Waals surface area (Å²) in [7, 11) is 1.86. The molecule has 1 N–H and O–H groups in total. The Morgan fingerprint density at radius 2 is 2.27 bits per heavy atom. The molecule has 0 aliphatic carbocycles. The Labute approximate surface area is 130 Å². The summed E-state index contributed by atoms with van der Waals surface area (Å²) in [6.07, 6.45) is 1.81. The summed E-state index contributed by atoms with van der Waals surface area (Å²) in [6, 6.07) is 7.97. The van der Waals surface area contributed by atoms with Crippen LogP contribution in [0.2, 0.25) is 0 Å². The van der Waals surface area contributed by atoms with Crippen LogP contribution in [0.3, 0.4) is 0 Å². The lowest BCUT2D eigenvalue weighted by molar-refractivity contribution is -0.0354. The number of anilines is 1. The quantitative estimate of drug-likeness (QED) is 0.929. The number of hydrogen-bond acceptors (Lipinski definition) is 6. The van der Waals surface area contributed by atoms with E-state index in [1.54, 1.807) is 0 Å². The maximum Gasteiger partial charge on any atom is 0.129 e. The molecule has 22 heavy (non-hydrogen) atoms. The van der Waals surface area contributed by atoms with Crippen LogP contribution in [0.25, 0.3) is 0 Å². The van der Waals surface area contributed by atoms with Crippen LogP contribution in [0.15, 0.2) is 30.5 Å². The Morgan fingerprint density at radius 3 is 3.05 bits per heavy atom. The third kappa shape index (κ3) is 3.58. The highest BCUT2D eigenvalue weighted by atomic mass is 16.5. The van der Waals surface area contributed by atoms with Gasteiger partial charge >= 0.3 is 0 Å². The van der Waals surface area contributed by atoms with E-state index in [-0.39, 0.29) is 6.10 Å². The Hall–Kier alpha value is -2.05. The average molecular weight is 299 g/mol. The number of nitrogens with one attached hydrogen (secondary N) is 1. The number of morpholine rings is 1. The topological polar surface area (TPSA) is 63.2 Å². The molecule has 0 aromatic carbocycles. The molecule has 6 nitrogen and oxygen atoms in total. The van der Waals surface area contributed by atoms with E-state index < -0.39 is 0 Å². The van der Waals surface area contributed by atoms with Crippen molar-refractivity contribution in [2.45, 2.75) is 19.6 Å². The van der Waals surface area contributed by atoms with Gasteiger partial charge in [0.2, 0.25) is 0 Å². The molecule has 0 amide bonds. The van der Waals surface area contributed by atoms with Gasteiger partial charge in [0.1, 0.15) is 17.7 Å². The highest BCUT2D eigenvalue weighted by Gasteiger charge is 2.24. The van der Waals surface area contributed by atoms with Crippen LogP contribution in [0.5, 0.6) is 0 Å². The number of aryl methyl sites for hydroxylation is 1. The van der Waals surface area contributed by atoms with Crippen molar-refractivity contribution in [1.29, 1.82) is 0 Å². The third-order valence-corrected chi connectivity index (χ3v) is 3.71. The van der Waals surface area contributed by atoms with Crippen molar-refractivity contribution in [3.63, 3.8) is 0 Å². The van der Waals surface area contributed by atoms with Gasteiger partial charge in [-0.2, -0.15) is 0 Å². The summed E-state index contributed by atoms with van der Waals surface area (Å²) in [5.41, 5.74) is 2.01. The molecule has 1 aliphatic rings. The maximum atomic E-state index is 5.91. The lowest BCUT2D eigenvalue weighted by atomic mass is 10.2. The molecule has 1 saturated heterocycles. The number of pyridine rings is 1. The fourth-order valence-electron chi connectivity index (χ4n) is 2.63. The molecule has 0 saturated carbocycles. The average Bonchev–Trinajstić information content (AvgIpc) is 2.55. The molecule has 0 unspecified atom stereocenters. The Balaban J connectivity index is 1.71. The molecule has 6 heteroatoms. The molecule has 1 atom stereocenters. The van der Waals surface area contributed by atoms with Crippen molar-refractivity contribution in [1.82, 2.24) is 19.9 Å². The highest BCUT2D eigenvalue weighted by Crippen LogP contribution is 2.23. The second-order valence-electron chi connectivity index (χ2n) is 5.39. The fraction of sp³-hybridized carbons (Fsp3) is 0.438. The van der Waals surface area contributed by atoms with E-state index in [1.165, 1.54) is 0 Å². The summed E-state index contributed by atoms with van der Waals surface area (Å²) in [5.74, 6) is 1.58. The molecule has 0 bridgehead atoms. The van der Waals surface area contributed by atoms with Crippen LogP contribution in [-0.2, 0) is 11.3 Å². The summed E-state index contributed by atoms with van der Waals surface area (Å²) in [6.45, 7) is 5.17. The van der Waals surface area contributed by atoms with Crippen LogP contribution in [-0.4, -0.2) is 46.6 Å². The van der Waals surface area contributed by atoms with Gasteiger partial charge < -0.3 is 10.1 Å². The Morgan fingerprint density at radius 1 is 1.36 bits per heavy atom. The minimum atomic E-state index is -0.0220.